The highest BCUT2D eigenvalue weighted by atomic mass is 16.3. The minimum absolute atomic E-state index is 0.200. The molecular formula is C34H53N3O. The predicted octanol–water partition coefficient (Wildman–Crippen LogP) is 6.25. The van der Waals surface area contributed by atoms with Crippen molar-refractivity contribution >= 4 is 0 Å². The SMILES string of the molecule is C[C@H]1[C@H]2Cc3ccc(O)cc3[C@]1(CCN[C@H]1C[C@H]3CCC[C@@H](C1)N3[C@@H]1C[C@@H]3CCCC[C@@H](C3)C1)CCN2C. The van der Waals surface area contributed by atoms with Crippen LogP contribution in [0, 0.1) is 17.8 Å². The maximum absolute atomic E-state index is 10.4. The van der Waals surface area contributed by atoms with Gasteiger partial charge in [-0.25, -0.2) is 0 Å². The molecule has 4 heteroatoms. The summed E-state index contributed by atoms with van der Waals surface area (Å²) in [5.74, 6) is 3.13. The number of hydrogen-bond acceptors (Lipinski definition) is 4. The van der Waals surface area contributed by atoms with Gasteiger partial charge < -0.3 is 15.3 Å². The van der Waals surface area contributed by atoms with Crippen molar-refractivity contribution in [3.8, 4) is 5.75 Å². The molecule has 6 aliphatic rings. The van der Waals surface area contributed by atoms with E-state index in [1.54, 1.807) is 6.42 Å². The Labute approximate surface area is 231 Å². The molecule has 3 saturated heterocycles. The summed E-state index contributed by atoms with van der Waals surface area (Å²) in [6.07, 6.45) is 21.2. The Morgan fingerprint density at radius 1 is 0.921 bits per heavy atom. The van der Waals surface area contributed by atoms with E-state index in [4.69, 9.17) is 0 Å². The van der Waals surface area contributed by atoms with Crippen LogP contribution in [0.1, 0.15) is 108 Å². The number of rotatable bonds is 5. The Bertz CT molecular complexity index is 968. The van der Waals surface area contributed by atoms with E-state index in [9.17, 15) is 5.11 Å². The van der Waals surface area contributed by atoms with Gasteiger partial charge in [-0.1, -0.05) is 45.1 Å². The van der Waals surface area contributed by atoms with Crippen LogP contribution in [0.15, 0.2) is 18.2 Å². The number of nitrogens with one attached hydrogen (secondary N) is 1. The third-order valence-corrected chi connectivity index (χ3v) is 12.8. The number of phenolic OH excluding ortho intramolecular Hbond substituents is 1. The number of likely N-dealkylation sites (tertiary alicyclic amines) is 1. The van der Waals surface area contributed by atoms with Crippen molar-refractivity contribution in [3.63, 3.8) is 0 Å². The Balaban J connectivity index is 1.03. The van der Waals surface area contributed by atoms with Crippen LogP contribution in [0.3, 0.4) is 0 Å². The van der Waals surface area contributed by atoms with Crippen molar-refractivity contribution in [1.29, 1.82) is 0 Å². The largest absolute Gasteiger partial charge is 0.508 e. The third kappa shape index (κ3) is 4.55. The highest BCUT2D eigenvalue weighted by molar-refractivity contribution is 5.44. The minimum atomic E-state index is 0.200. The second-order valence-corrected chi connectivity index (χ2v) is 14.7. The summed E-state index contributed by atoms with van der Waals surface area (Å²) in [5.41, 5.74) is 3.14. The Kier molecular flexibility index (Phi) is 7.06. The Hall–Kier alpha value is -1.10. The number of likely N-dealkylation sites (N-methyl/N-ethyl adjacent to an activating group) is 1. The number of piperidine rings is 3. The normalized spacial score (nSPS) is 43.3. The van der Waals surface area contributed by atoms with Crippen LogP contribution < -0.4 is 5.32 Å². The lowest BCUT2D eigenvalue weighted by atomic mass is 9.56. The van der Waals surface area contributed by atoms with Crippen LogP contribution in [0.5, 0.6) is 5.75 Å². The van der Waals surface area contributed by atoms with Crippen LogP contribution in [0.2, 0.25) is 0 Å². The molecule has 3 aliphatic heterocycles. The van der Waals surface area contributed by atoms with Gasteiger partial charge in [-0.05, 0) is 125 Å². The summed E-state index contributed by atoms with van der Waals surface area (Å²) in [6.45, 7) is 4.79. The molecule has 1 aromatic carbocycles. The molecule has 3 aliphatic carbocycles. The first kappa shape index (κ1) is 25.8. The highest BCUT2D eigenvalue weighted by Crippen LogP contribution is 2.51. The smallest absolute Gasteiger partial charge is 0.115 e. The van der Waals surface area contributed by atoms with E-state index >= 15 is 0 Å². The molecule has 210 valence electrons. The molecule has 3 heterocycles. The van der Waals surface area contributed by atoms with Gasteiger partial charge in [0.05, 0.1) is 0 Å². The van der Waals surface area contributed by atoms with E-state index < -0.39 is 0 Å². The second kappa shape index (κ2) is 10.4. The second-order valence-electron chi connectivity index (χ2n) is 14.7. The standard InChI is InChI=1S/C34H53N3O/c1-23-33-19-26-10-11-31(38)22-32(26)34(23,13-15-36(33)2)12-14-35-27-20-28-8-5-9-29(21-27)37(28)30-17-24-6-3-4-7-25(16-24)18-30/h10-11,22-25,27-30,33,35,38H,3-9,12-21H2,1-2H3/t23-,24-,25+,27-,28+,29-,30-,33+,34+/m0/s1. The summed E-state index contributed by atoms with van der Waals surface area (Å²) in [5, 5.41) is 14.6. The first-order valence-corrected chi connectivity index (χ1v) is 16.5. The molecule has 2 N–H and O–H groups in total. The molecule has 4 nitrogen and oxygen atoms in total. The summed E-state index contributed by atoms with van der Waals surface area (Å²) in [7, 11) is 2.32. The van der Waals surface area contributed by atoms with Crippen LogP contribution in [0.4, 0.5) is 0 Å². The van der Waals surface area contributed by atoms with Gasteiger partial charge in [0.1, 0.15) is 5.75 Å². The highest BCUT2D eigenvalue weighted by Gasteiger charge is 2.50. The maximum Gasteiger partial charge on any atom is 0.115 e. The van der Waals surface area contributed by atoms with Crippen molar-refractivity contribution < 1.29 is 5.11 Å². The molecule has 9 atom stereocenters. The lowest BCUT2D eigenvalue weighted by Crippen LogP contribution is -2.61. The monoisotopic (exact) mass is 519 g/mol. The number of fused-ring (bicyclic) bond motifs is 8. The van der Waals surface area contributed by atoms with Gasteiger partial charge in [-0.2, -0.15) is 0 Å². The van der Waals surface area contributed by atoms with Crippen molar-refractivity contribution in [1.82, 2.24) is 15.1 Å². The summed E-state index contributed by atoms with van der Waals surface area (Å²) < 4.78 is 0. The molecule has 0 radical (unpaired) electrons. The predicted molar refractivity (Wildman–Crippen MR) is 156 cm³/mol. The summed E-state index contributed by atoms with van der Waals surface area (Å²) in [6, 6.07) is 10.1. The van der Waals surface area contributed by atoms with Crippen molar-refractivity contribution in [2.45, 2.75) is 139 Å². The van der Waals surface area contributed by atoms with Crippen molar-refractivity contribution in [2.24, 2.45) is 17.8 Å². The van der Waals surface area contributed by atoms with Gasteiger partial charge in [0.15, 0.2) is 0 Å². The number of benzene rings is 1. The molecular weight excluding hydrogens is 466 g/mol. The Morgan fingerprint density at radius 3 is 2.39 bits per heavy atom. The van der Waals surface area contributed by atoms with E-state index in [-0.39, 0.29) is 5.41 Å². The molecule has 1 aromatic rings. The fourth-order valence-corrected chi connectivity index (χ4v) is 10.9. The molecule has 38 heavy (non-hydrogen) atoms. The topological polar surface area (TPSA) is 38.7 Å². The molecule has 0 unspecified atom stereocenters. The first-order valence-electron chi connectivity index (χ1n) is 16.5. The Morgan fingerprint density at radius 2 is 1.66 bits per heavy atom. The number of phenols is 1. The molecule has 0 spiro atoms. The number of hydrogen-bond donors (Lipinski definition) is 2. The fraction of sp³-hybridized carbons (Fsp3) is 0.824. The van der Waals surface area contributed by atoms with Gasteiger partial charge >= 0.3 is 0 Å². The zero-order valence-electron chi connectivity index (χ0n) is 24.2. The van der Waals surface area contributed by atoms with Crippen molar-refractivity contribution in [2.75, 3.05) is 20.1 Å². The minimum Gasteiger partial charge on any atom is -0.508 e. The zero-order chi connectivity index (χ0) is 25.9. The molecule has 7 rings (SSSR count). The molecule has 6 bridgehead atoms. The lowest BCUT2D eigenvalue weighted by molar-refractivity contribution is -0.0376. The van der Waals surface area contributed by atoms with Gasteiger partial charge in [0.2, 0.25) is 0 Å². The summed E-state index contributed by atoms with van der Waals surface area (Å²) >= 11 is 0. The van der Waals surface area contributed by atoms with Gasteiger partial charge in [0, 0.05) is 35.6 Å². The quantitative estimate of drug-likeness (QED) is 0.482. The average molecular weight is 520 g/mol. The van der Waals surface area contributed by atoms with Crippen LogP contribution in [-0.2, 0) is 11.8 Å². The van der Waals surface area contributed by atoms with E-state index in [1.165, 1.54) is 101 Å². The first-order chi connectivity index (χ1) is 18.5. The molecule has 0 aromatic heterocycles. The van der Waals surface area contributed by atoms with Crippen LogP contribution >= 0.6 is 0 Å². The zero-order valence-corrected chi connectivity index (χ0v) is 24.2. The van der Waals surface area contributed by atoms with E-state index in [0.29, 0.717) is 23.8 Å². The van der Waals surface area contributed by atoms with E-state index in [1.807, 2.05) is 6.07 Å². The van der Waals surface area contributed by atoms with Gasteiger partial charge in [-0.3, -0.25) is 4.90 Å². The number of nitrogens with zero attached hydrogens (tertiary/aromatic N) is 2. The number of aromatic hydroxyl groups is 1. The van der Waals surface area contributed by atoms with Gasteiger partial charge in [-0.15, -0.1) is 0 Å². The maximum atomic E-state index is 10.4. The molecule has 0 amide bonds. The fourth-order valence-electron chi connectivity index (χ4n) is 10.9. The average Bonchev–Trinajstić information content (AvgIpc) is 3.07. The van der Waals surface area contributed by atoms with Crippen molar-refractivity contribution in [3.05, 3.63) is 29.3 Å². The van der Waals surface area contributed by atoms with Crippen LogP contribution in [0.25, 0.3) is 0 Å². The third-order valence-electron chi connectivity index (χ3n) is 12.8. The lowest BCUT2D eigenvalue weighted by Gasteiger charge is -2.56. The van der Waals surface area contributed by atoms with E-state index in [2.05, 4.69) is 41.2 Å². The van der Waals surface area contributed by atoms with E-state index in [0.717, 1.165) is 42.9 Å². The van der Waals surface area contributed by atoms with Crippen LogP contribution in [-0.4, -0.2) is 65.3 Å². The molecule has 5 fully saturated rings. The van der Waals surface area contributed by atoms with Gasteiger partial charge in [0.25, 0.3) is 0 Å². The summed E-state index contributed by atoms with van der Waals surface area (Å²) in [4.78, 5) is 5.71. The molecule has 2 saturated carbocycles.